The molecule has 0 radical (unpaired) electrons. The van der Waals surface area contributed by atoms with Crippen LogP contribution >= 0.6 is 11.6 Å². The van der Waals surface area contributed by atoms with Crippen molar-refractivity contribution in [3.63, 3.8) is 0 Å². The van der Waals surface area contributed by atoms with E-state index in [4.69, 9.17) is 16.3 Å². The molecule has 0 bridgehead atoms. The van der Waals surface area contributed by atoms with Gasteiger partial charge < -0.3 is 10.1 Å². The van der Waals surface area contributed by atoms with Crippen LogP contribution in [0.1, 0.15) is 18.9 Å². The van der Waals surface area contributed by atoms with Gasteiger partial charge in [-0.25, -0.2) is 0 Å². The summed E-state index contributed by atoms with van der Waals surface area (Å²) in [6.45, 7) is 3.19. The predicted molar refractivity (Wildman–Crippen MR) is 66.8 cm³/mol. The highest BCUT2D eigenvalue weighted by atomic mass is 35.5. The number of hydrogen-bond donors (Lipinski definition) is 1. The third-order valence-corrected chi connectivity index (χ3v) is 3.33. The molecule has 1 fully saturated rings. The third-order valence-electron chi connectivity index (χ3n) is 3.10. The average Bonchev–Trinajstić information content (AvgIpc) is 2.72. The van der Waals surface area contributed by atoms with Gasteiger partial charge >= 0.3 is 5.97 Å². The van der Waals surface area contributed by atoms with Crippen LogP contribution in [-0.4, -0.2) is 18.6 Å². The highest BCUT2D eigenvalue weighted by Gasteiger charge is 2.30. The Labute approximate surface area is 106 Å². The van der Waals surface area contributed by atoms with Gasteiger partial charge in [0, 0.05) is 11.1 Å². The molecule has 1 aliphatic heterocycles. The van der Waals surface area contributed by atoms with Crippen molar-refractivity contribution in [2.24, 2.45) is 5.92 Å². The van der Waals surface area contributed by atoms with Gasteiger partial charge in [-0.1, -0.05) is 23.7 Å². The molecule has 0 saturated carbocycles. The summed E-state index contributed by atoms with van der Waals surface area (Å²) >= 11 is 5.86. The molecule has 17 heavy (non-hydrogen) atoms. The Morgan fingerprint density at radius 3 is 3.06 bits per heavy atom. The number of rotatable bonds is 3. The lowest BCUT2D eigenvalue weighted by molar-refractivity contribution is -0.150. The number of carbonyl (C=O) groups is 1. The number of ether oxygens (including phenoxy) is 1. The number of hydrogen-bond acceptors (Lipinski definition) is 3. The Morgan fingerprint density at radius 2 is 2.41 bits per heavy atom. The van der Waals surface area contributed by atoms with Crippen LogP contribution < -0.4 is 5.32 Å². The van der Waals surface area contributed by atoms with Crippen LogP contribution in [0.2, 0.25) is 5.02 Å². The standard InChI is InChI=1S/C13H16ClNO2/c1-9-12(5-6-15-9)13(16)17-8-10-3-2-4-11(14)7-10/h2-4,7,9,12,15H,5-6,8H2,1H3. The predicted octanol–water partition coefficient (Wildman–Crippen LogP) is 2.38. The van der Waals surface area contributed by atoms with Crippen LogP contribution in [0, 0.1) is 5.92 Å². The fourth-order valence-electron chi connectivity index (χ4n) is 2.07. The minimum absolute atomic E-state index is 0.0193. The zero-order valence-electron chi connectivity index (χ0n) is 9.78. The first-order chi connectivity index (χ1) is 8.16. The molecular weight excluding hydrogens is 238 g/mol. The van der Waals surface area contributed by atoms with Crippen molar-refractivity contribution in [3.8, 4) is 0 Å². The van der Waals surface area contributed by atoms with Gasteiger partial charge in [0.25, 0.3) is 0 Å². The molecule has 0 amide bonds. The third kappa shape index (κ3) is 3.20. The van der Waals surface area contributed by atoms with E-state index < -0.39 is 0 Å². The second kappa shape index (κ2) is 5.52. The van der Waals surface area contributed by atoms with E-state index in [1.54, 1.807) is 6.07 Å². The summed E-state index contributed by atoms with van der Waals surface area (Å²) < 4.78 is 5.30. The molecule has 0 spiro atoms. The molecule has 2 rings (SSSR count). The van der Waals surface area contributed by atoms with Crippen LogP contribution in [0.5, 0.6) is 0 Å². The minimum Gasteiger partial charge on any atom is -0.461 e. The largest absolute Gasteiger partial charge is 0.461 e. The second-order valence-corrected chi connectivity index (χ2v) is 4.81. The maximum Gasteiger partial charge on any atom is 0.310 e. The molecular formula is C13H16ClNO2. The molecule has 0 aliphatic carbocycles. The zero-order valence-corrected chi connectivity index (χ0v) is 10.5. The smallest absolute Gasteiger partial charge is 0.310 e. The number of benzene rings is 1. The topological polar surface area (TPSA) is 38.3 Å². The highest BCUT2D eigenvalue weighted by molar-refractivity contribution is 6.30. The Morgan fingerprint density at radius 1 is 1.59 bits per heavy atom. The molecule has 1 saturated heterocycles. The first-order valence-electron chi connectivity index (χ1n) is 5.81. The summed E-state index contributed by atoms with van der Waals surface area (Å²) in [6.07, 6.45) is 0.857. The lowest BCUT2D eigenvalue weighted by atomic mass is 10.0. The van der Waals surface area contributed by atoms with Crippen molar-refractivity contribution in [2.45, 2.75) is 26.0 Å². The Hall–Kier alpha value is -1.06. The normalized spacial score (nSPS) is 23.6. The maximum absolute atomic E-state index is 11.8. The summed E-state index contributed by atoms with van der Waals surface area (Å²) in [5, 5.41) is 3.90. The molecule has 3 nitrogen and oxygen atoms in total. The molecule has 1 N–H and O–H groups in total. The maximum atomic E-state index is 11.8. The van der Waals surface area contributed by atoms with Crippen LogP contribution in [0.25, 0.3) is 0 Å². The van der Waals surface area contributed by atoms with Crippen molar-refractivity contribution >= 4 is 17.6 Å². The van der Waals surface area contributed by atoms with Gasteiger partial charge in [-0.3, -0.25) is 4.79 Å². The lowest BCUT2D eigenvalue weighted by Gasteiger charge is -2.14. The van der Waals surface area contributed by atoms with Crippen LogP contribution in [0.3, 0.4) is 0 Å². The molecule has 2 atom stereocenters. The quantitative estimate of drug-likeness (QED) is 0.841. The van der Waals surface area contributed by atoms with E-state index in [1.165, 1.54) is 0 Å². The Kier molecular flexibility index (Phi) is 4.02. The molecule has 1 aromatic carbocycles. The highest BCUT2D eigenvalue weighted by Crippen LogP contribution is 2.18. The molecule has 92 valence electrons. The molecule has 0 aromatic heterocycles. The van der Waals surface area contributed by atoms with Gasteiger partial charge in [0.2, 0.25) is 0 Å². The summed E-state index contributed by atoms with van der Waals surface area (Å²) in [5.41, 5.74) is 0.921. The minimum atomic E-state index is -0.123. The van der Waals surface area contributed by atoms with Gasteiger partial charge in [-0.2, -0.15) is 0 Å². The van der Waals surface area contributed by atoms with Crippen molar-refractivity contribution in [1.82, 2.24) is 5.32 Å². The lowest BCUT2D eigenvalue weighted by Crippen LogP contribution is -2.29. The van der Waals surface area contributed by atoms with Gasteiger partial charge in [0.15, 0.2) is 0 Å². The van der Waals surface area contributed by atoms with Crippen molar-refractivity contribution in [1.29, 1.82) is 0 Å². The number of halogens is 1. The van der Waals surface area contributed by atoms with Gasteiger partial charge in [0.1, 0.15) is 6.61 Å². The van der Waals surface area contributed by atoms with E-state index in [1.807, 2.05) is 25.1 Å². The summed E-state index contributed by atoms with van der Waals surface area (Å²) in [6, 6.07) is 7.57. The van der Waals surface area contributed by atoms with Crippen molar-refractivity contribution < 1.29 is 9.53 Å². The fraction of sp³-hybridized carbons (Fsp3) is 0.462. The van der Waals surface area contributed by atoms with Gasteiger partial charge in [-0.05, 0) is 37.6 Å². The van der Waals surface area contributed by atoms with Crippen LogP contribution in [0.15, 0.2) is 24.3 Å². The molecule has 1 aliphatic rings. The van der Waals surface area contributed by atoms with Crippen LogP contribution in [0.4, 0.5) is 0 Å². The zero-order chi connectivity index (χ0) is 12.3. The van der Waals surface area contributed by atoms with E-state index in [0.29, 0.717) is 11.6 Å². The molecule has 2 unspecified atom stereocenters. The number of carbonyl (C=O) groups excluding carboxylic acids is 1. The SMILES string of the molecule is CC1NCCC1C(=O)OCc1cccc(Cl)c1. The average molecular weight is 254 g/mol. The van der Waals surface area contributed by atoms with Crippen LogP contribution in [-0.2, 0) is 16.1 Å². The summed E-state index contributed by atoms with van der Waals surface area (Å²) in [4.78, 5) is 11.8. The molecule has 4 heteroatoms. The molecule has 1 heterocycles. The fourth-order valence-corrected chi connectivity index (χ4v) is 2.28. The second-order valence-electron chi connectivity index (χ2n) is 4.38. The monoisotopic (exact) mass is 253 g/mol. The molecule has 1 aromatic rings. The first-order valence-corrected chi connectivity index (χ1v) is 6.19. The van der Waals surface area contributed by atoms with E-state index >= 15 is 0 Å². The number of esters is 1. The van der Waals surface area contributed by atoms with E-state index in [0.717, 1.165) is 18.5 Å². The summed E-state index contributed by atoms with van der Waals surface area (Å²) in [5.74, 6) is -0.142. The Balaban J connectivity index is 1.88. The van der Waals surface area contributed by atoms with E-state index in [-0.39, 0.29) is 17.9 Å². The van der Waals surface area contributed by atoms with E-state index in [2.05, 4.69) is 5.32 Å². The number of nitrogens with one attached hydrogen (secondary N) is 1. The summed E-state index contributed by atoms with van der Waals surface area (Å²) in [7, 11) is 0. The first kappa shape index (κ1) is 12.4. The van der Waals surface area contributed by atoms with Crippen molar-refractivity contribution in [2.75, 3.05) is 6.54 Å². The van der Waals surface area contributed by atoms with E-state index in [9.17, 15) is 4.79 Å². The van der Waals surface area contributed by atoms with Gasteiger partial charge in [-0.15, -0.1) is 0 Å². The van der Waals surface area contributed by atoms with Gasteiger partial charge in [0.05, 0.1) is 5.92 Å². The Bertz CT molecular complexity index is 408. The van der Waals surface area contributed by atoms with Crippen molar-refractivity contribution in [3.05, 3.63) is 34.9 Å².